The van der Waals surface area contributed by atoms with Crippen LogP contribution >= 0.6 is 0 Å². The molecule has 0 saturated heterocycles. The molecule has 0 heterocycles. The van der Waals surface area contributed by atoms with Gasteiger partial charge in [-0.1, -0.05) is 6.07 Å². The zero-order valence-corrected chi connectivity index (χ0v) is 13.9. The van der Waals surface area contributed by atoms with Crippen molar-refractivity contribution in [3.8, 4) is 0 Å². The van der Waals surface area contributed by atoms with Gasteiger partial charge in [-0.05, 0) is 43.5 Å². The molecule has 1 aromatic rings. The van der Waals surface area contributed by atoms with Gasteiger partial charge in [0.05, 0.1) is 0 Å². The Balaban J connectivity index is 2.45. The number of rotatable bonds is 8. The summed E-state index contributed by atoms with van der Waals surface area (Å²) in [6, 6.07) is 5.83. The summed E-state index contributed by atoms with van der Waals surface area (Å²) in [5, 5.41) is 2.87. The van der Waals surface area contributed by atoms with Crippen molar-refractivity contribution in [2.24, 2.45) is 0 Å². The van der Waals surface area contributed by atoms with Crippen LogP contribution in [-0.2, 0) is 14.3 Å². The van der Waals surface area contributed by atoms with Gasteiger partial charge in [0.25, 0.3) is 0 Å². The Bertz CT molecular complexity index is 515. The SMILES string of the molecule is COCCCN(CCC(=O)Nc1ccc(C)c(C)c1)C(C)=O. The first-order chi connectivity index (χ1) is 10.4. The largest absolute Gasteiger partial charge is 0.385 e. The molecule has 1 aromatic carbocycles. The first kappa shape index (κ1) is 18.2. The van der Waals surface area contributed by atoms with Crippen molar-refractivity contribution >= 4 is 17.5 Å². The molecule has 2 amide bonds. The number of nitrogens with one attached hydrogen (secondary N) is 1. The highest BCUT2D eigenvalue weighted by Crippen LogP contribution is 2.14. The minimum absolute atomic E-state index is 0.0184. The third kappa shape index (κ3) is 6.26. The van der Waals surface area contributed by atoms with E-state index >= 15 is 0 Å². The van der Waals surface area contributed by atoms with Crippen LogP contribution in [0, 0.1) is 13.8 Å². The van der Waals surface area contributed by atoms with E-state index in [-0.39, 0.29) is 11.8 Å². The molecule has 0 aliphatic rings. The molecule has 0 aliphatic carbocycles. The fourth-order valence-corrected chi connectivity index (χ4v) is 2.11. The smallest absolute Gasteiger partial charge is 0.226 e. The van der Waals surface area contributed by atoms with E-state index < -0.39 is 0 Å². The number of carbonyl (C=O) groups is 2. The zero-order valence-electron chi connectivity index (χ0n) is 13.9. The Morgan fingerprint density at radius 3 is 2.50 bits per heavy atom. The Hall–Kier alpha value is -1.88. The summed E-state index contributed by atoms with van der Waals surface area (Å²) in [6.45, 7) is 7.21. The molecule has 0 aromatic heterocycles. The predicted octanol–water partition coefficient (Wildman–Crippen LogP) is 2.52. The number of ether oxygens (including phenoxy) is 1. The fourth-order valence-electron chi connectivity index (χ4n) is 2.11. The third-order valence-electron chi connectivity index (χ3n) is 3.62. The van der Waals surface area contributed by atoms with Gasteiger partial charge in [0.15, 0.2) is 0 Å². The van der Waals surface area contributed by atoms with Gasteiger partial charge in [0, 0.05) is 45.8 Å². The second-order valence-electron chi connectivity index (χ2n) is 5.45. The van der Waals surface area contributed by atoms with Gasteiger partial charge in [0.1, 0.15) is 0 Å². The van der Waals surface area contributed by atoms with E-state index in [1.807, 2.05) is 32.0 Å². The van der Waals surface area contributed by atoms with Crippen molar-refractivity contribution in [3.05, 3.63) is 29.3 Å². The van der Waals surface area contributed by atoms with Crippen molar-refractivity contribution in [2.75, 3.05) is 32.1 Å². The monoisotopic (exact) mass is 306 g/mol. The van der Waals surface area contributed by atoms with E-state index in [1.165, 1.54) is 12.5 Å². The minimum atomic E-state index is -0.0822. The Kier molecular flexibility index (Phi) is 7.60. The minimum Gasteiger partial charge on any atom is -0.385 e. The van der Waals surface area contributed by atoms with Crippen molar-refractivity contribution in [1.82, 2.24) is 4.90 Å². The van der Waals surface area contributed by atoms with Gasteiger partial charge in [-0.2, -0.15) is 0 Å². The van der Waals surface area contributed by atoms with Crippen LogP contribution in [0.4, 0.5) is 5.69 Å². The maximum Gasteiger partial charge on any atom is 0.226 e. The van der Waals surface area contributed by atoms with Crippen molar-refractivity contribution in [2.45, 2.75) is 33.6 Å². The maximum absolute atomic E-state index is 12.0. The van der Waals surface area contributed by atoms with Crippen molar-refractivity contribution < 1.29 is 14.3 Å². The molecule has 5 heteroatoms. The summed E-state index contributed by atoms with van der Waals surface area (Å²) >= 11 is 0. The molecule has 1 rings (SSSR count). The molecule has 0 bridgehead atoms. The molecule has 122 valence electrons. The lowest BCUT2D eigenvalue weighted by Crippen LogP contribution is -2.33. The van der Waals surface area contributed by atoms with Gasteiger partial charge in [-0.3, -0.25) is 9.59 Å². The van der Waals surface area contributed by atoms with Crippen LogP contribution in [0.15, 0.2) is 18.2 Å². The van der Waals surface area contributed by atoms with E-state index in [0.29, 0.717) is 26.1 Å². The van der Waals surface area contributed by atoms with Crippen LogP contribution < -0.4 is 5.32 Å². The molecule has 0 unspecified atom stereocenters. The lowest BCUT2D eigenvalue weighted by molar-refractivity contribution is -0.129. The molecule has 5 nitrogen and oxygen atoms in total. The van der Waals surface area contributed by atoms with E-state index in [1.54, 1.807) is 12.0 Å². The number of amides is 2. The van der Waals surface area contributed by atoms with Gasteiger partial charge in [-0.25, -0.2) is 0 Å². The Labute approximate surface area is 132 Å². The van der Waals surface area contributed by atoms with Gasteiger partial charge >= 0.3 is 0 Å². The predicted molar refractivity (Wildman–Crippen MR) is 87.9 cm³/mol. The topological polar surface area (TPSA) is 58.6 Å². The average molecular weight is 306 g/mol. The summed E-state index contributed by atoms with van der Waals surface area (Å²) in [5.74, 6) is -0.101. The molecule has 22 heavy (non-hydrogen) atoms. The standard InChI is InChI=1S/C17H26N2O3/c1-13-6-7-16(12-14(13)2)18-17(21)8-10-19(15(3)20)9-5-11-22-4/h6-7,12H,5,8-11H2,1-4H3,(H,18,21). The molecule has 0 radical (unpaired) electrons. The number of nitrogens with zero attached hydrogens (tertiary/aromatic N) is 1. The second-order valence-corrected chi connectivity index (χ2v) is 5.45. The first-order valence-electron chi connectivity index (χ1n) is 7.55. The van der Waals surface area contributed by atoms with E-state index in [9.17, 15) is 9.59 Å². The number of anilines is 1. The van der Waals surface area contributed by atoms with Crippen LogP contribution in [-0.4, -0.2) is 43.5 Å². The van der Waals surface area contributed by atoms with E-state index in [2.05, 4.69) is 5.32 Å². The highest BCUT2D eigenvalue weighted by molar-refractivity contribution is 5.91. The molecular weight excluding hydrogens is 280 g/mol. The molecule has 0 saturated carbocycles. The van der Waals surface area contributed by atoms with Crippen LogP contribution in [0.5, 0.6) is 0 Å². The van der Waals surface area contributed by atoms with Gasteiger partial charge in [0.2, 0.25) is 11.8 Å². The fraction of sp³-hybridized carbons (Fsp3) is 0.529. The van der Waals surface area contributed by atoms with Crippen LogP contribution in [0.3, 0.4) is 0 Å². The average Bonchev–Trinajstić information content (AvgIpc) is 2.46. The number of aryl methyl sites for hydroxylation is 2. The van der Waals surface area contributed by atoms with Crippen LogP contribution in [0.25, 0.3) is 0 Å². The molecule has 0 atom stereocenters. The number of carbonyl (C=O) groups excluding carboxylic acids is 2. The van der Waals surface area contributed by atoms with Gasteiger partial charge in [-0.15, -0.1) is 0 Å². The number of benzene rings is 1. The second kappa shape index (κ2) is 9.20. The Morgan fingerprint density at radius 2 is 1.91 bits per heavy atom. The molecule has 1 N–H and O–H groups in total. The van der Waals surface area contributed by atoms with Crippen molar-refractivity contribution in [1.29, 1.82) is 0 Å². The lowest BCUT2D eigenvalue weighted by Gasteiger charge is -2.20. The normalized spacial score (nSPS) is 10.4. The van der Waals surface area contributed by atoms with Crippen LogP contribution in [0.2, 0.25) is 0 Å². The maximum atomic E-state index is 12.0. The summed E-state index contributed by atoms with van der Waals surface area (Å²) in [7, 11) is 1.63. The lowest BCUT2D eigenvalue weighted by atomic mass is 10.1. The van der Waals surface area contributed by atoms with E-state index in [0.717, 1.165) is 17.7 Å². The molecular formula is C17H26N2O3. The van der Waals surface area contributed by atoms with E-state index in [4.69, 9.17) is 4.74 Å². The zero-order chi connectivity index (χ0) is 16.5. The van der Waals surface area contributed by atoms with Gasteiger partial charge < -0.3 is 15.0 Å². The molecule has 0 spiro atoms. The number of methoxy groups -OCH3 is 1. The van der Waals surface area contributed by atoms with Crippen molar-refractivity contribution in [3.63, 3.8) is 0 Å². The molecule has 0 aliphatic heterocycles. The highest BCUT2D eigenvalue weighted by atomic mass is 16.5. The summed E-state index contributed by atoms with van der Waals surface area (Å²) in [6.07, 6.45) is 1.06. The summed E-state index contributed by atoms with van der Waals surface area (Å²) < 4.78 is 4.98. The summed E-state index contributed by atoms with van der Waals surface area (Å²) in [5.41, 5.74) is 3.13. The quantitative estimate of drug-likeness (QED) is 0.751. The molecule has 0 fully saturated rings. The summed E-state index contributed by atoms with van der Waals surface area (Å²) in [4.78, 5) is 25.2. The first-order valence-corrected chi connectivity index (χ1v) is 7.55. The number of hydrogen-bond donors (Lipinski definition) is 1. The Morgan fingerprint density at radius 1 is 1.18 bits per heavy atom. The number of hydrogen-bond acceptors (Lipinski definition) is 3. The third-order valence-corrected chi connectivity index (χ3v) is 3.62. The van der Waals surface area contributed by atoms with Crippen LogP contribution in [0.1, 0.15) is 30.9 Å². The highest BCUT2D eigenvalue weighted by Gasteiger charge is 2.11.